The summed E-state index contributed by atoms with van der Waals surface area (Å²) in [6.07, 6.45) is 0. The van der Waals surface area contributed by atoms with Crippen LogP contribution in [0.25, 0.3) is 0 Å². The highest BCUT2D eigenvalue weighted by Gasteiger charge is 2.50. The van der Waals surface area contributed by atoms with Crippen molar-refractivity contribution in [3.8, 4) is 6.07 Å². The highest BCUT2D eigenvalue weighted by molar-refractivity contribution is 6.07. The maximum Gasteiger partial charge on any atom is 0.325 e. The van der Waals surface area contributed by atoms with Crippen molar-refractivity contribution in [3.05, 3.63) is 70.5 Å². The van der Waals surface area contributed by atoms with Gasteiger partial charge in [-0.25, -0.2) is 18.0 Å². The molecule has 0 bridgehead atoms. The van der Waals surface area contributed by atoms with Crippen LogP contribution in [0.2, 0.25) is 0 Å². The van der Waals surface area contributed by atoms with Crippen LogP contribution < -0.4 is 5.32 Å². The van der Waals surface area contributed by atoms with E-state index in [-0.39, 0.29) is 16.7 Å². The van der Waals surface area contributed by atoms with E-state index in [1.54, 1.807) is 6.07 Å². The lowest BCUT2D eigenvalue weighted by atomic mass is 9.91. The van der Waals surface area contributed by atoms with Crippen molar-refractivity contribution >= 4 is 11.9 Å². The van der Waals surface area contributed by atoms with Crippen LogP contribution in [-0.4, -0.2) is 16.8 Å². The number of nitrogens with zero attached hydrogens (tertiary/aromatic N) is 2. The number of carbonyl (C=O) groups excluding carboxylic acids is 2. The summed E-state index contributed by atoms with van der Waals surface area (Å²) >= 11 is 0. The maximum absolute atomic E-state index is 14.1. The van der Waals surface area contributed by atoms with Gasteiger partial charge in [-0.05, 0) is 37.3 Å². The first-order valence-corrected chi connectivity index (χ1v) is 7.54. The summed E-state index contributed by atoms with van der Waals surface area (Å²) in [5.41, 5.74) is -2.03. The smallest absolute Gasteiger partial charge is 0.319 e. The fraction of sp³-hybridized carbons (Fsp3) is 0.167. The SMILES string of the molecule is C[C@@]1(c2cc(F)ccc2F)NC(=O)N(Cc2ccc(C#N)cc2F)C1=O. The minimum atomic E-state index is -1.81. The molecule has 1 aliphatic rings. The number of hydrogen-bond acceptors (Lipinski definition) is 3. The number of hydrogen-bond donors (Lipinski definition) is 1. The predicted molar refractivity (Wildman–Crippen MR) is 83.9 cm³/mol. The van der Waals surface area contributed by atoms with Gasteiger partial charge in [-0.3, -0.25) is 9.69 Å². The van der Waals surface area contributed by atoms with E-state index in [1.165, 1.54) is 19.1 Å². The van der Waals surface area contributed by atoms with Gasteiger partial charge in [0, 0.05) is 11.1 Å². The molecule has 1 heterocycles. The third kappa shape index (κ3) is 2.77. The Hall–Kier alpha value is -3.34. The quantitative estimate of drug-likeness (QED) is 0.857. The summed E-state index contributed by atoms with van der Waals surface area (Å²) in [5.74, 6) is -3.21. The van der Waals surface area contributed by atoms with Crippen LogP contribution >= 0.6 is 0 Å². The standard InChI is InChI=1S/C18H12F3N3O2/c1-18(13-7-12(19)4-5-14(13)20)16(25)24(17(26)23-18)9-11-3-2-10(8-22)6-15(11)21/h2-7H,9H2,1H3,(H,23,26)/t18-/m0/s1. The number of benzene rings is 2. The molecule has 3 rings (SSSR count). The second-order valence-electron chi connectivity index (χ2n) is 5.99. The maximum atomic E-state index is 14.1. The van der Waals surface area contributed by atoms with Gasteiger partial charge in [-0.1, -0.05) is 6.07 Å². The van der Waals surface area contributed by atoms with Gasteiger partial charge in [0.25, 0.3) is 5.91 Å². The molecule has 26 heavy (non-hydrogen) atoms. The summed E-state index contributed by atoms with van der Waals surface area (Å²) in [7, 11) is 0. The van der Waals surface area contributed by atoms with Gasteiger partial charge >= 0.3 is 6.03 Å². The molecule has 2 aromatic carbocycles. The first-order chi connectivity index (χ1) is 12.3. The van der Waals surface area contributed by atoms with E-state index in [2.05, 4.69) is 5.32 Å². The molecule has 2 aromatic rings. The molecule has 0 saturated carbocycles. The van der Waals surface area contributed by atoms with Crippen LogP contribution in [0.4, 0.5) is 18.0 Å². The lowest BCUT2D eigenvalue weighted by molar-refractivity contribution is -0.131. The molecule has 5 nitrogen and oxygen atoms in total. The Kier molecular flexibility index (Phi) is 4.16. The molecule has 0 unspecified atom stereocenters. The summed E-state index contributed by atoms with van der Waals surface area (Å²) in [6.45, 7) is 0.842. The van der Waals surface area contributed by atoms with Gasteiger partial charge in [0.2, 0.25) is 0 Å². The van der Waals surface area contributed by atoms with Crippen LogP contribution in [0.1, 0.15) is 23.6 Å². The number of nitriles is 1. The first kappa shape index (κ1) is 17.5. The fourth-order valence-corrected chi connectivity index (χ4v) is 2.82. The molecule has 132 valence electrons. The van der Waals surface area contributed by atoms with Crippen molar-refractivity contribution < 1.29 is 22.8 Å². The molecular weight excluding hydrogens is 347 g/mol. The van der Waals surface area contributed by atoms with Crippen molar-refractivity contribution in [1.29, 1.82) is 5.26 Å². The lowest BCUT2D eigenvalue weighted by Gasteiger charge is -2.23. The van der Waals surface area contributed by atoms with Crippen LogP contribution in [0.5, 0.6) is 0 Å². The Morgan fingerprint density at radius 1 is 1.12 bits per heavy atom. The van der Waals surface area contributed by atoms with E-state index in [0.29, 0.717) is 0 Å². The normalized spacial score (nSPS) is 19.4. The van der Waals surface area contributed by atoms with E-state index >= 15 is 0 Å². The van der Waals surface area contributed by atoms with Crippen LogP contribution in [0.3, 0.4) is 0 Å². The summed E-state index contributed by atoms with van der Waals surface area (Å²) in [4.78, 5) is 25.6. The van der Waals surface area contributed by atoms with Gasteiger partial charge in [-0.15, -0.1) is 0 Å². The predicted octanol–water partition coefficient (Wildman–Crippen LogP) is 2.94. The van der Waals surface area contributed by atoms with Crippen LogP contribution in [-0.2, 0) is 16.9 Å². The molecule has 0 spiro atoms. The minimum Gasteiger partial charge on any atom is -0.319 e. The molecule has 1 atom stereocenters. The number of amides is 3. The molecular formula is C18H12F3N3O2. The third-order valence-electron chi connectivity index (χ3n) is 4.25. The number of carbonyl (C=O) groups is 2. The van der Waals surface area contributed by atoms with Crippen LogP contribution in [0, 0.1) is 28.8 Å². The monoisotopic (exact) mass is 359 g/mol. The number of imide groups is 1. The highest BCUT2D eigenvalue weighted by atomic mass is 19.1. The van der Waals surface area contributed by atoms with E-state index < -0.39 is 41.5 Å². The molecule has 1 saturated heterocycles. The largest absolute Gasteiger partial charge is 0.325 e. The summed E-state index contributed by atoms with van der Waals surface area (Å²) in [5, 5.41) is 11.1. The van der Waals surface area contributed by atoms with E-state index in [1.807, 2.05) is 0 Å². The van der Waals surface area contributed by atoms with Gasteiger partial charge in [-0.2, -0.15) is 5.26 Å². The van der Waals surface area contributed by atoms with Crippen molar-refractivity contribution in [1.82, 2.24) is 10.2 Å². The zero-order valence-corrected chi connectivity index (χ0v) is 13.5. The van der Waals surface area contributed by atoms with E-state index in [0.717, 1.165) is 29.2 Å². The molecule has 8 heteroatoms. The Morgan fingerprint density at radius 3 is 2.50 bits per heavy atom. The Morgan fingerprint density at radius 2 is 1.85 bits per heavy atom. The van der Waals surface area contributed by atoms with Crippen molar-refractivity contribution in [2.24, 2.45) is 0 Å². The van der Waals surface area contributed by atoms with Crippen molar-refractivity contribution in [3.63, 3.8) is 0 Å². The molecule has 0 radical (unpaired) electrons. The minimum absolute atomic E-state index is 0.0106. The summed E-state index contributed by atoms with van der Waals surface area (Å²) < 4.78 is 41.6. The molecule has 1 aliphatic heterocycles. The van der Waals surface area contributed by atoms with Gasteiger partial charge in [0.15, 0.2) is 0 Å². The number of halogens is 3. The molecule has 0 aromatic heterocycles. The van der Waals surface area contributed by atoms with Crippen molar-refractivity contribution in [2.75, 3.05) is 0 Å². The van der Waals surface area contributed by atoms with Crippen LogP contribution in [0.15, 0.2) is 36.4 Å². The topological polar surface area (TPSA) is 73.2 Å². The van der Waals surface area contributed by atoms with Gasteiger partial charge in [0.1, 0.15) is 23.0 Å². The highest BCUT2D eigenvalue weighted by Crippen LogP contribution is 2.32. The first-order valence-electron chi connectivity index (χ1n) is 7.54. The Labute approximate surface area is 146 Å². The van der Waals surface area contributed by atoms with Gasteiger partial charge in [0.05, 0.1) is 18.2 Å². The zero-order chi connectivity index (χ0) is 19.1. The van der Waals surface area contributed by atoms with Gasteiger partial charge < -0.3 is 5.32 Å². The van der Waals surface area contributed by atoms with E-state index in [4.69, 9.17) is 5.26 Å². The van der Waals surface area contributed by atoms with Crippen molar-refractivity contribution in [2.45, 2.75) is 19.0 Å². The summed E-state index contributed by atoms with van der Waals surface area (Å²) in [6, 6.07) is 7.13. The second-order valence-corrected chi connectivity index (χ2v) is 5.99. The second kappa shape index (κ2) is 6.19. The third-order valence-corrected chi connectivity index (χ3v) is 4.25. The average molecular weight is 359 g/mol. The zero-order valence-electron chi connectivity index (χ0n) is 13.5. The fourth-order valence-electron chi connectivity index (χ4n) is 2.82. The number of rotatable bonds is 3. The Balaban J connectivity index is 1.94. The van der Waals surface area contributed by atoms with E-state index in [9.17, 15) is 22.8 Å². The number of urea groups is 1. The molecule has 3 amide bonds. The molecule has 0 aliphatic carbocycles. The number of nitrogens with one attached hydrogen (secondary N) is 1. The molecule has 1 N–H and O–H groups in total. The average Bonchev–Trinajstić information content (AvgIpc) is 2.82. The molecule has 1 fully saturated rings. The lowest BCUT2D eigenvalue weighted by Crippen LogP contribution is -2.41. The Bertz CT molecular complexity index is 971.